The summed E-state index contributed by atoms with van der Waals surface area (Å²) in [4.78, 5) is 13.7. The maximum atomic E-state index is 16.9. The van der Waals surface area contributed by atoms with Crippen molar-refractivity contribution in [3.63, 3.8) is 0 Å². The predicted molar refractivity (Wildman–Crippen MR) is 164 cm³/mol. The van der Waals surface area contributed by atoms with E-state index in [-0.39, 0.29) is 82.6 Å². The number of piperazine rings is 1. The molecule has 0 amide bonds. The molecule has 7 nitrogen and oxygen atoms in total. The molecule has 3 N–H and O–H groups in total. The van der Waals surface area contributed by atoms with Gasteiger partial charge in [-0.05, 0) is 68.7 Å². The van der Waals surface area contributed by atoms with Gasteiger partial charge in [0.05, 0.1) is 28.0 Å². The van der Waals surface area contributed by atoms with Gasteiger partial charge in [-0.25, -0.2) is 13.2 Å². The van der Waals surface area contributed by atoms with Gasteiger partial charge >= 0.3 is 6.01 Å². The van der Waals surface area contributed by atoms with Crippen LogP contribution in [0.25, 0.3) is 27.6 Å². The molecular weight excluding hydrogens is 627 g/mol. The van der Waals surface area contributed by atoms with Crippen molar-refractivity contribution < 1.29 is 26.7 Å². The molecule has 4 bridgehead atoms. The van der Waals surface area contributed by atoms with Gasteiger partial charge in [-0.3, -0.25) is 4.90 Å². The summed E-state index contributed by atoms with van der Waals surface area (Å²) < 4.78 is 80.5. The van der Waals surface area contributed by atoms with E-state index in [0.717, 1.165) is 12.8 Å². The number of ether oxygens (including phenoxy) is 1. The highest BCUT2D eigenvalue weighted by atomic mass is 35.5. The number of halogens is 6. The summed E-state index contributed by atoms with van der Waals surface area (Å²) in [6, 6.07) is 1.61. The lowest BCUT2D eigenvalue weighted by molar-refractivity contribution is 0.108. The number of fused-ring (bicyclic) bond motifs is 1. The van der Waals surface area contributed by atoms with E-state index in [1.165, 1.54) is 13.0 Å². The zero-order chi connectivity index (χ0) is 32.0. The van der Waals surface area contributed by atoms with Crippen LogP contribution >= 0.6 is 11.6 Å². The molecule has 3 aromatic rings. The van der Waals surface area contributed by atoms with Crippen LogP contribution in [-0.4, -0.2) is 64.3 Å². The van der Waals surface area contributed by atoms with E-state index in [4.69, 9.17) is 27.1 Å². The first-order valence-corrected chi connectivity index (χ1v) is 16.0. The monoisotopic (exact) mass is 656 g/mol. The molecule has 5 saturated heterocycles. The third-order valence-corrected chi connectivity index (χ3v) is 11.7. The van der Waals surface area contributed by atoms with Gasteiger partial charge in [0.15, 0.2) is 17.5 Å². The van der Waals surface area contributed by atoms with Crippen LogP contribution in [-0.2, 0) is 0 Å². The number of hydrogen-bond acceptors (Lipinski definition) is 7. The highest BCUT2D eigenvalue weighted by Gasteiger charge is 2.67. The Labute approximate surface area is 266 Å². The Morgan fingerprint density at radius 2 is 2.00 bits per heavy atom. The molecule has 1 aliphatic carbocycles. The third kappa shape index (κ3) is 3.71. The largest absolute Gasteiger partial charge is 0.461 e. The van der Waals surface area contributed by atoms with Gasteiger partial charge in [0, 0.05) is 40.9 Å². The van der Waals surface area contributed by atoms with Gasteiger partial charge in [0.1, 0.15) is 23.6 Å². The van der Waals surface area contributed by atoms with Gasteiger partial charge in [0.25, 0.3) is 6.08 Å². The van der Waals surface area contributed by atoms with Crippen molar-refractivity contribution in [1.82, 2.24) is 20.2 Å². The first kappa shape index (κ1) is 28.7. The number of rotatable bonds is 4. The third-order valence-electron chi connectivity index (χ3n) is 11.3. The fraction of sp³-hybridized carbons (Fsp3) is 0.455. The van der Waals surface area contributed by atoms with Crippen LogP contribution in [0.2, 0.25) is 5.02 Å². The van der Waals surface area contributed by atoms with E-state index in [9.17, 15) is 13.2 Å². The summed E-state index contributed by atoms with van der Waals surface area (Å²) in [5.41, 5.74) is 4.81. The number of nitrogen functional groups attached to an aromatic ring is 1. The molecule has 6 aliphatic heterocycles. The number of benzene rings is 2. The molecule has 0 radical (unpaired) electrons. The number of aromatic nitrogens is 2. The number of aryl methyl sites for hydroxylation is 1. The Morgan fingerprint density at radius 1 is 1.20 bits per heavy atom. The van der Waals surface area contributed by atoms with Crippen molar-refractivity contribution >= 4 is 39.6 Å². The first-order valence-electron chi connectivity index (χ1n) is 15.6. The molecule has 46 heavy (non-hydrogen) atoms. The van der Waals surface area contributed by atoms with Crippen LogP contribution in [0, 0.1) is 30.3 Å². The second-order valence-corrected chi connectivity index (χ2v) is 14.1. The molecule has 7 aliphatic rings. The summed E-state index contributed by atoms with van der Waals surface area (Å²) in [5, 5.41) is 3.98. The second kappa shape index (κ2) is 9.54. The Hall–Kier alpha value is -3.48. The molecule has 7 heterocycles. The topological polar surface area (TPSA) is 79.5 Å². The molecule has 2 unspecified atom stereocenters. The van der Waals surface area contributed by atoms with Crippen molar-refractivity contribution in [3.8, 4) is 17.1 Å². The predicted octanol–water partition coefficient (Wildman–Crippen LogP) is 6.36. The molecule has 0 spiro atoms. The summed E-state index contributed by atoms with van der Waals surface area (Å²) >= 11 is 7.00. The van der Waals surface area contributed by atoms with Crippen LogP contribution in [0.4, 0.5) is 33.5 Å². The van der Waals surface area contributed by atoms with Crippen molar-refractivity contribution in [3.05, 3.63) is 57.9 Å². The Balaban J connectivity index is 1.25. The number of nitrogens with zero attached hydrogens (tertiary/aromatic N) is 4. The van der Waals surface area contributed by atoms with Crippen molar-refractivity contribution in [2.24, 2.45) is 5.92 Å². The van der Waals surface area contributed by atoms with Gasteiger partial charge in [-0.2, -0.15) is 18.7 Å². The van der Waals surface area contributed by atoms with Crippen LogP contribution in [0.3, 0.4) is 0 Å². The minimum absolute atomic E-state index is 0.0272. The Morgan fingerprint density at radius 3 is 2.74 bits per heavy atom. The number of piperidine rings is 2. The number of nitrogens with two attached hydrogens (primary N) is 1. The zero-order valence-corrected chi connectivity index (χ0v) is 25.6. The lowest BCUT2D eigenvalue weighted by Gasteiger charge is -2.43. The lowest BCUT2D eigenvalue weighted by atomic mass is 9.89. The molecule has 2 aromatic carbocycles. The molecule has 10 rings (SSSR count). The summed E-state index contributed by atoms with van der Waals surface area (Å²) in [7, 11) is 0. The number of anilines is 2. The van der Waals surface area contributed by atoms with Gasteiger partial charge in [-0.15, -0.1) is 0 Å². The summed E-state index contributed by atoms with van der Waals surface area (Å²) in [6.07, 6.45) is 1.52. The minimum atomic E-state index is -1.66. The van der Waals surface area contributed by atoms with Crippen LogP contribution in [0.1, 0.15) is 43.2 Å². The highest BCUT2D eigenvalue weighted by Crippen LogP contribution is 2.58. The summed E-state index contributed by atoms with van der Waals surface area (Å²) in [6.45, 7) is 6.65. The van der Waals surface area contributed by atoms with E-state index in [2.05, 4.69) is 21.8 Å². The molecule has 13 heteroatoms. The van der Waals surface area contributed by atoms with Gasteiger partial charge < -0.3 is 20.7 Å². The average Bonchev–Trinajstić information content (AvgIpc) is 3.29. The van der Waals surface area contributed by atoms with E-state index in [1.807, 2.05) is 4.90 Å². The van der Waals surface area contributed by atoms with E-state index >= 15 is 8.78 Å². The second-order valence-electron chi connectivity index (χ2n) is 13.8. The zero-order valence-electron chi connectivity index (χ0n) is 24.9. The maximum absolute atomic E-state index is 16.9. The Bertz CT molecular complexity index is 1940. The molecular formula is C33H30ClF5N6O. The highest BCUT2D eigenvalue weighted by molar-refractivity contribution is 6.37. The normalized spacial score (nSPS) is 30.6. The lowest BCUT2D eigenvalue weighted by Crippen LogP contribution is -2.58. The molecule has 6 atom stereocenters. The number of hydrogen-bond donors (Lipinski definition) is 2. The smallest absolute Gasteiger partial charge is 0.319 e. The van der Waals surface area contributed by atoms with Gasteiger partial charge in [0.2, 0.25) is 0 Å². The molecule has 1 saturated carbocycles. The molecule has 240 valence electrons. The standard InChI is InChI=1S/C33H30ClF5N6O/c1-12-7-18-17-8-16-27(41-17)29(16)45(18)31-21-19(12)22(34)20(15-6-13(2)23(35)26(40)24(15)36)25(37)28(21)42-32(43-31)46-11-33-4-3-5-44(33)10-14(9-33)30(38)39/h6,16-18,27,29,41H,1,3-5,7-11,40H2,2H3/t16?,17-,18+,27+,29?,33-/m0/s1. The summed E-state index contributed by atoms with van der Waals surface area (Å²) in [5.74, 6) is -2.09. The quantitative estimate of drug-likeness (QED) is 0.250. The Kier molecular flexibility index (Phi) is 5.96. The first-order chi connectivity index (χ1) is 22.0. The molecule has 1 aromatic heterocycles. The van der Waals surface area contributed by atoms with E-state index in [1.54, 1.807) is 0 Å². The number of nitrogens with one attached hydrogen (secondary N) is 1. The fourth-order valence-corrected chi connectivity index (χ4v) is 9.57. The van der Waals surface area contributed by atoms with Gasteiger partial charge in [-0.1, -0.05) is 18.2 Å². The average molecular weight is 657 g/mol. The van der Waals surface area contributed by atoms with Crippen LogP contribution < -0.4 is 20.7 Å². The minimum Gasteiger partial charge on any atom is -0.461 e. The van der Waals surface area contributed by atoms with Crippen LogP contribution in [0.5, 0.6) is 6.01 Å². The maximum Gasteiger partial charge on any atom is 0.319 e. The van der Waals surface area contributed by atoms with Crippen molar-refractivity contribution in [2.75, 3.05) is 30.3 Å². The molecule has 6 fully saturated rings. The van der Waals surface area contributed by atoms with Crippen molar-refractivity contribution in [1.29, 1.82) is 0 Å². The fourth-order valence-electron chi connectivity index (χ4n) is 9.16. The van der Waals surface area contributed by atoms with E-state index < -0.39 is 34.8 Å². The SMILES string of the molecule is C=C1C[C@@H]2[C@@H]3CC4C([C@@H]4N3)N2c2nc(OC[C@@]34CCCN3CC(=C(F)F)C4)nc3c(F)c(-c4cc(C)c(F)c(N)c4F)c(Cl)c1c23. The van der Waals surface area contributed by atoms with Crippen molar-refractivity contribution in [2.45, 2.75) is 68.7 Å². The van der Waals surface area contributed by atoms with Crippen LogP contribution in [0.15, 0.2) is 24.3 Å². The van der Waals surface area contributed by atoms with E-state index in [0.29, 0.717) is 47.6 Å².